The van der Waals surface area contributed by atoms with E-state index in [1.165, 1.54) is 10.4 Å². The zero-order valence-corrected chi connectivity index (χ0v) is 10.0. The number of carbonyl (C=O) groups excluding carboxylic acids is 1. The summed E-state index contributed by atoms with van der Waals surface area (Å²) in [4.78, 5) is 12.9. The van der Waals surface area contributed by atoms with Crippen LogP contribution < -0.4 is 5.32 Å². The molecule has 0 radical (unpaired) electrons. The molecule has 1 atom stereocenters. The molecule has 1 aromatic rings. The van der Waals surface area contributed by atoms with Crippen molar-refractivity contribution in [2.45, 2.75) is 19.6 Å². The lowest BCUT2D eigenvalue weighted by Gasteiger charge is -2.21. The highest BCUT2D eigenvalue weighted by Gasteiger charge is 2.22. The summed E-state index contributed by atoms with van der Waals surface area (Å²) in [7, 11) is 0. The molecule has 1 aliphatic rings. The normalized spacial score (nSPS) is 20.7. The fourth-order valence-corrected chi connectivity index (χ4v) is 2.35. The molecule has 1 N–H and O–H groups in total. The molecule has 0 spiro atoms. The van der Waals surface area contributed by atoms with E-state index in [9.17, 15) is 4.79 Å². The minimum Gasteiger partial charge on any atom is -0.376 e. The molecular formula is C11H15NO3S. The van der Waals surface area contributed by atoms with E-state index in [0.717, 1.165) is 0 Å². The molecule has 4 nitrogen and oxygen atoms in total. The second kappa shape index (κ2) is 5.43. The summed E-state index contributed by atoms with van der Waals surface area (Å²) in [6.45, 7) is 4.04. The maximum Gasteiger partial charge on any atom is 0.251 e. The number of rotatable bonds is 3. The van der Waals surface area contributed by atoms with Crippen molar-refractivity contribution in [3.63, 3.8) is 0 Å². The molecule has 0 saturated carbocycles. The van der Waals surface area contributed by atoms with Gasteiger partial charge in [-0.1, -0.05) is 0 Å². The molecule has 88 valence electrons. The minimum atomic E-state index is -0.450. The molecule has 0 aromatic carbocycles. The first-order valence-electron chi connectivity index (χ1n) is 5.27. The summed E-state index contributed by atoms with van der Waals surface area (Å²) >= 11 is 1.65. The summed E-state index contributed by atoms with van der Waals surface area (Å²) in [5.41, 5.74) is 1.21. The third kappa shape index (κ3) is 2.81. The molecule has 2 heterocycles. The zero-order chi connectivity index (χ0) is 11.4. The van der Waals surface area contributed by atoms with Crippen molar-refractivity contribution in [1.82, 2.24) is 5.32 Å². The fraction of sp³-hybridized carbons (Fsp3) is 0.545. The standard InChI is InChI=1S/C11H15NO3S/c1-8-2-5-16-10(8)6-12-11(13)9-7-14-3-4-15-9/h2,5,9H,3-4,6-7H2,1H3,(H,12,13)/t9-/m0/s1. The number of ether oxygens (including phenoxy) is 2. The lowest BCUT2D eigenvalue weighted by atomic mass is 10.3. The van der Waals surface area contributed by atoms with Crippen LogP contribution >= 0.6 is 11.3 Å². The van der Waals surface area contributed by atoms with Crippen LogP contribution in [0, 0.1) is 6.92 Å². The van der Waals surface area contributed by atoms with Gasteiger partial charge in [0, 0.05) is 4.88 Å². The Bertz CT molecular complexity index is 358. The van der Waals surface area contributed by atoms with E-state index >= 15 is 0 Å². The van der Waals surface area contributed by atoms with Crippen molar-refractivity contribution in [3.8, 4) is 0 Å². The van der Waals surface area contributed by atoms with E-state index in [-0.39, 0.29) is 5.91 Å². The molecule has 5 heteroatoms. The SMILES string of the molecule is Cc1ccsc1CNC(=O)[C@@H]1COCCO1. The molecule has 2 rings (SSSR count). The Balaban J connectivity index is 1.81. The number of amides is 1. The maximum absolute atomic E-state index is 11.7. The van der Waals surface area contributed by atoms with Crippen molar-refractivity contribution in [2.75, 3.05) is 19.8 Å². The topological polar surface area (TPSA) is 47.6 Å². The molecule has 1 amide bonds. The van der Waals surface area contributed by atoms with Crippen LogP contribution in [0.5, 0.6) is 0 Å². The van der Waals surface area contributed by atoms with E-state index in [2.05, 4.69) is 5.32 Å². The van der Waals surface area contributed by atoms with Crippen LogP contribution in [0.2, 0.25) is 0 Å². The van der Waals surface area contributed by atoms with E-state index in [4.69, 9.17) is 9.47 Å². The van der Waals surface area contributed by atoms with Crippen LogP contribution in [0.4, 0.5) is 0 Å². The molecular weight excluding hydrogens is 226 g/mol. The highest BCUT2D eigenvalue weighted by Crippen LogP contribution is 2.15. The number of thiophene rings is 1. The van der Waals surface area contributed by atoms with Gasteiger partial charge in [-0.3, -0.25) is 4.79 Å². The Labute approximate surface area is 98.6 Å². The summed E-state index contributed by atoms with van der Waals surface area (Å²) in [5, 5.41) is 4.89. The van der Waals surface area contributed by atoms with E-state index in [0.29, 0.717) is 26.4 Å². The lowest BCUT2D eigenvalue weighted by Crippen LogP contribution is -2.42. The van der Waals surface area contributed by atoms with E-state index in [1.807, 2.05) is 18.4 Å². The quantitative estimate of drug-likeness (QED) is 0.861. The predicted molar refractivity (Wildman–Crippen MR) is 61.5 cm³/mol. The van der Waals surface area contributed by atoms with Crippen LogP contribution in [0.1, 0.15) is 10.4 Å². The van der Waals surface area contributed by atoms with Gasteiger partial charge >= 0.3 is 0 Å². The average Bonchev–Trinajstić information content (AvgIpc) is 2.73. The highest BCUT2D eigenvalue weighted by atomic mass is 32.1. The highest BCUT2D eigenvalue weighted by molar-refractivity contribution is 7.10. The van der Waals surface area contributed by atoms with Crippen molar-refractivity contribution in [3.05, 3.63) is 21.9 Å². The molecule has 1 aromatic heterocycles. The second-order valence-corrected chi connectivity index (χ2v) is 4.68. The smallest absolute Gasteiger partial charge is 0.251 e. The molecule has 0 unspecified atom stereocenters. The Hall–Kier alpha value is -0.910. The van der Waals surface area contributed by atoms with Gasteiger partial charge in [0.25, 0.3) is 5.91 Å². The minimum absolute atomic E-state index is 0.0903. The van der Waals surface area contributed by atoms with Gasteiger partial charge in [0.15, 0.2) is 6.10 Å². The summed E-state index contributed by atoms with van der Waals surface area (Å²) in [5.74, 6) is -0.0903. The van der Waals surface area contributed by atoms with Crippen LogP contribution in [-0.2, 0) is 20.8 Å². The molecule has 1 saturated heterocycles. The number of nitrogens with one attached hydrogen (secondary N) is 1. The first-order chi connectivity index (χ1) is 7.77. The summed E-state index contributed by atoms with van der Waals surface area (Å²) < 4.78 is 10.5. The largest absolute Gasteiger partial charge is 0.376 e. The van der Waals surface area contributed by atoms with Gasteiger partial charge in [-0.25, -0.2) is 0 Å². The van der Waals surface area contributed by atoms with Gasteiger partial charge in [-0.2, -0.15) is 0 Å². The van der Waals surface area contributed by atoms with Crippen LogP contribution in [0.25, 0.3) is 0 Å². The van der Waals surface area contributed by atoms with Crippen molar-refractivity contribution < 1.29 is 14.3 Å². The second-order valence-electron chi connectivity index (χ2n) is 3.68. The Morgan fingerprint density at radius 1 is 1.62 bits per heavy atom. The van der Waals surface area contributed by atoms with Gasteiger partial charge in [0.05, 0.1) is 26.4 Å². The molecule has 0 bridgehead atoms. The molecule has 1 fully saturated rings. The van der Waals surface area contributed by atoms with Crippen molar-refractivity contribution in [2.24, 2.45) is 0 Å². The maximum atomic E-state index is 11.7. The first-order valence-corrected chi connectivity index (χ1v) is 6.15. The van der Waals surface area contributed by atoms with Crippen molar-refractivity contribution in [1.29, 1.82) is 0 Å². The third-order valence-corrected chi connectivity index (χ3v) is 3.52. The van der Waals surface area contributed by atoms with Gasteiger partial charge in [-0.15, -0.1) is 11.3 Å². The Kier molecular flexibility index (Phi) is 3.93. The molecule has 1 aliphatic heterocycles. The first kappa shape index (κ1) is 11.6. The Morgan fingerprint density at radius 3 is 3.12 bits per heavy atom. The van der Waals surface area contributed by atoms with Gasteiger partial charge in [0.1, 0.15) is 0 Å². The third-order valence-electron chi connectivity index (χ3n) is 2.50. The van der Waals surface area contributed by atoms with Gasteiger partial charge < -0.3 is 14.8 Å². The Morgan fingerprint density at radius 2 is 2.50 bits per heavy atom. The zero-order valence-electron chi connectivity index (χ0n) is 9.19. The molecule has 0 aliphatic carbocycles. The average molecular weight is 241 g/mol. The van der Waals surface area contributed by atoms with Crippen LogP contribution in [0.15, 0.2) is 11.4 Å². The fourth-order valence-electron chi connectivity index (χ4n) is 1.51. The molecule has 16 heavy (non-hydrogen) atoms. The lowest BCUT2D eigenvalue weighted by molar-refractivity contribution is -0.147. The number of hydrogen-bond donors (Lipinski definition) is 1. The number of carbonyl (C=O) groups is 1. The summed E-state index contributed by atoms with van der Waals surface area (Å²) in [6, 6.07) is 2.05. The van der Waals surface area contributed by atoms with Gasteiger partial charge in [-0.05, 0) is 23.9 Å². The summed E-state index contributed by atoms with van der Waals surface area (Å²) in [6.07, 6.45) is -0.450. The number of hydrogen-bond acceptors (Lipinski definition) is 4. The van der Waals surface area contributed by atoms with E-state index in [1.54, 1.807) is 11.3 Å². The van der Waals surface area contributed by atoms with E-state index < -0.39 is 6.10 Å². The van der Waals surface area contributed by atoms with Crippen molar-refractivity contribution >= 4 is 17.2 Å². The monoisotopic (exact) mass is 241 g/mol. The number of aryl methyl sites for hydroxylation is 1. The predicted octanol–water partition coefficient (Wildman–Crippen LogP) is 1.09. The van der Waals surface area contributed by atoms with Crippen LogP contribution in [-0.4, -0.2) is 31.8 Å². The van der Waals surface area contributed by atoms with Crippen LogP contribution in [0.3, 0.4) is 0 Å². The van der Waals surface area contributed by atoms with Gasteiger partial charge in [0.2, 0.25) is 0 Å².